The number of hydrogen-bond acceptors (Lipinski definition) is 5. The van der Waals surface area contributed by atoms with E-state index in [1.54, 1.807) is 18.7 Å². The molecule has 1 amide bonds. The molecule has 0 saturated carbocycles. The molecule has 1 atom stereocenters. The molecule has 124 valence electrons. The second kappa shape index (κ2) is 6.09. The molecule has 0 bridgehead atoms. The van der Waals surface area contributed by atoms with Crippen molar-refractivity contribution >= 4 is 27.1 Å². The van der Waals surface area contributed by atoms with Gasteiger partial charge in [-0.15, -0.1) is 11.3 Å². The molecule has 2 aromatic rings. The second-order valence-electron chi connectivity index (χ2n) is 5.76. The molecule has 3 rings (SSSR count). The van der Waals surface area contributed by atoms with Gasteiger partial charge in [-0.05, 0) is 31.7 Å². The Hall–Kier alpha value is -1.67. The molecule has 0 spiro atoms. The number of carbonyl (C=O) groups is 1. The third-order valence-corrected chi connectivity index (χ3v) is 7.47. The van der Waals surface area contributed by atoms with E-state index in [4.69, 9.17) is 0 Å². The smallest absolute Gasteiger partial charge is 0.257 e. The van der Waals surface area contributed by atoms with Crippen molar-refractivity contribution < 1.29 is 13.2 Å². The Balaban J connectivity index is 1.85. The van der Waals surface area contributed by atoms with Crippen LogP contribution in [0.5, 0.6) is 0 Å². The molecule has 0 aromatic carbocycles. The van der Waals surface area contributed by atoms with E-state index in [9.17, 15) is 13.2 Å². The lowest BCUT2D eigenvalue weighted by Gasteiger charge is -2.20. The largest absolute Gasteiger partial charge is 0.337 e. The van der Waals surface area contributed by atoms with Crippen LogP contribution < -0.4 is 0 Å². The molecule has 1 aliphatic rings. The second-order valence-corrected chi connectivity index (χ2v) is 9.04. The van der Waals surface area contributed by atoms with Gasteiger partial charge in [0, 0.05) is 23.7 Å². The minimum absolute atomic E-state index is 0.00272. The van der Waals surface area contributed by atoms with Crippen LogP contribution in [0.15, 0.2) is 17.5 Å². The number of thiophene rings is 1. The quantitative estimate of drug-likeness (QED) is 0.896. The van der Waals surface area contributed by atoms with Gasteiger partial charge in [-0.2, -0.15) is 5.10 Å². The molecule has 1 fully saturated rings. The summed E-state index contributed by atoms with van der Waals surface area (Å²) in [6.07, 6.45) is 0.435. The SMILES string of the molecule is Cc1n[nH]c(C)c1C(=O)N1CCC(c2cccs2)S(=O)(=O)CC1. The van der Waals surface area contributed by atoms with Gasteiger partial charge in [-0.3, -0.25) is 9.89 Å². The van der Waals surface area contributed by atoms with Gasteiger partial charge < -0.3 is 4.90 Å². The molecular formula is C15H19N3O3S2. The summed E-state index contributed by atoms with van der Waals surface area (Å²) in [7, 11) is -3.25. The van der Waals surface area contributed by atoms with E-state index < -0.39 is 15.1 Å². The van der Waals surface area contributed by atoms with Crippen LogP contribution in [-0.4, -0.2) is 48.3 Å². The van der Waals surface area contributed by atoms with Crippen molar-refractivity contribution in [3.05, 3.63) is 39.3 Å². The first-order valence-electron chi connectivity index (χ1n) is 7.46. The number of carbonyl (C=O) groups excluding carboxylic acids is 1. The maximum absolute atomic E-state index is 12.7. The number of nitrogens with one attached hydrogen (secondary N) is 1. The van der Waals surface area contributed by atoms with E-state index in [-0.39, 0.29) is 18.2 Å². The third-order valence-electron chi connectivity index (χ3n) is 4.23. The summed E-state index contributed by atoms with van der Waals surface area (Å²) in [5.74, 6) is -0.146. The lowest BCUT2D eigenvalue weighted by Crippen LogP contribution is -2.34. The number of aromatic nitrogens is 2. The maximum Gasteiger partial charge on any atom is 0.257 e. The lowest BCUT2D eigenvalue weighted by molar-refractivity contribution is 0.0765. The number of aromatic amines is 1. The summed E-state index contributed by atoms with van der Waals surface area (Å²) >= 11 is 1.46. The number of amides is 1. The average molecular weight is 353 g/mol. The van der Waals surface area contributed by atoms with Crippen LogP contribution >= 0.6 is 11.3 Å². The molecule has 1 saturated heterocycles. The first-order chi connectivity index (χ1) is 10.9. The van der Waals surface area contributed by atoms with Crippen molar-refractivity contribution in [2.45, 2.75) is 25.5 Å². The number of hydrogen-bond donors (Lipinski definition) is 1. The number of nitrogens with zero attached hydrogens (tertiary/aromatic N) is 2. The monoisotopic (exact) mass is 353 g/mol. The summed E-state index contributed by atoms with van der Waals surface area (Å²) in [6.45, 7) is 4.24. The van der Waals surface area contributed by atoms with Crippen LogP contribution in [0.4, 0.5) is 0 Å². The van der Waals surface area contributed by atoms with Gasteiger partial charge >= 0.3 is 0 Å². The van der Waals surface area contributed by atoms with Crippen molar-refractivity contribution in [3.63, 3.8) is 0 Å². The fourth-order valence-corrected chi connectivity index (χ4v) is 5.97. The number of aryl methyl sites for hydroxylation is 2. The Bertz CT molecular complexity index is 790. The van der Waals surface area contributed by atoms with Gasteiger partial charge in [-0.1, -0.05) is 6.07 Å². The fourth-order valence-electron chi connectivity index (χ4n) is 2.97. The van der Waals surface area contributed by atoms with Gasteiger partial charge in [0.2, 0.25) is 0 Å². The van der Waals surface area contributed by atoms with Crippen molar-refractivity contribution in [2.75, 3.05) is 18.8 Å². The summed E-state index contributed by atoms with van der Waals surface area (Å²) in [5, 5.41) is 8.23. The van der Waals surface area contributed by atoms with E-state index in [1.807, 2.05) is 17.5 Å². The Morgan fingerprint density at radius 3 is 2.78 bits per heavy atom. The van der Waals surface area contributed by atoms with Crippen LogP contribution in [-0.2, 0) is 9.84 Å². The lowest BCUT2D eigenvalue weighted by atomic mass is 10.1. The minimum atomic E-state index is -3.25. The zero-order valence-electron chi connectivity index (χ0n) is 13.1. The molecule has 0 aliphatic carbocycles. The predicted octanol–water partition coefficient (Wildman–Crippen LogP) is 2.09. The Morgan fingerprint density at radius 1 is 1.39 bits per heavy atom. The summed E-state index contributed by atoms with van der Waals surface area (Å²) in [5.41, 5.74) is 1.92. The third kappa shape index (κ3) is 3.05. The highest BCUT2D eigenvalue weighted by Crippen LogP contribution is 2.32. The molecule has 23 heavy (non-hydrogen) atoms. The predicted molar refractivity (Wildman–Crippen MR) is 89.4 cm³/mol. The zero-order valence-corrected chi connectivity index (χ0v) is 14.7. The Kier molecular flexibility index (Phi) is 4.29. The highest BCUT2D eigenvalue weighted by atomic mass is 32.2. The van der Waals surface area contributed by atoms with Gasteiger partial charge in [0.15, 0.2) is 9.84 Å². The number of sulfone groups is 1. The standard InChI is InChI=1S/C15H19N3O3S2/c1-10-14(11(2)17-16-10)15(19)18-6-5-13(12-4-3-8-22-12)23(20,21)9-7-18/h3-4,8,13H,5-7,9H2,1-2H3,(H,16,17). The summed E-state index contributed by atoms with van der Waals surface area (Å²) < 4.78 is 25.1. The van der Waals surface area contributed by atoms with Gasteiger partial charge in [0.05, 0.1) is 22.3 Å². The first kappa shape index (κ1) is 16.2. The van der Waals surface area contributed by atoms with Gasteiger partial charge in [-0.25, -0.2) is 8.42 Å². The van der Waals surface area contributed by atoms with E-state index in [0.29, 0.717) is 24.2 Å². The molecule has 1 aliphatic heterocycles. The molecule has 0 radical (unpaired) electrons. The van der Waals surface area contributed by atoms with Crippen molar-refractivity contribution in [3.8, 4) is 0 Å². The number of H-pyrrole nitrogens is 1. The first-order valence-corrected chi connectivity index (χ1v) is 10.1. The van der Waals surface area contributed by atoms with Crippen molar-refractivity contribution in [1.82, 2.24) is 15.1 Å². The molecular weight excluding hydrogens is 334 g/mol. The van der Waals surface area contributed by atoms with E-state index >= 15 is 0 Å². The molecule has 6 nitrogen and oxygen atoms in total. The zero-order chi connectivity index (χ0) is 16.6. The fraction of sp³-hybridized carbons (Fsp3) is 0.467. The highest BCUT2D eigenvalue weighted by Gasteiger charge is 2.34. The van der Waals surface area contributed by atoms with Gasteiger partial charge in [0.25, 0.3) is 5.91 Å². The topological polar surface area (TPSA) is 83.1 Å². The van der Waals surface area contributed by atoms with Crippen molar-refractivity contribution in [2.24, 2.45) is 0 Å². The van der Waals surface area contributed by atoms with E-state index in [2.05, 4.69) is 10.2 Å². The molecule has 1 N–H and O–H groups in total. The van der Waals surface area contributed by atoms with E-state index in [0.717, 1.165) is 10.6 Å². The van der Waals surface area contributed by atoms with Gasteiger partial charge in [0.1, 0.15) is 0 Å². The Labute approximate surface area is 139 Å². The number of rotatable bonds is 2. The molecule has 8 heteroatoms. The maximum atomic E-state index is 12.7. The van der Waals surface area contributed by atoms with Crippen LogP contribution in [0.1, 0.15) is 38.3 Å². The van der Waals surface area contributed by atoms with E-state index in [1.165, 1.54) is 11.3 Å². The highest BCUT2D eigenvalue weighted by molar-refractivity contribution is 7.91. The summed E-state index contributed by atoms with van der Waals surface area (Å²) in [6, 6.07) is 3.72. The van der Waals surface area contributed by atoms with Crippen LogP contribution in [0, 0.1) is 13.8 Å². The van der Waals surface area contributed by atoms with Crippen LogP contribution in [0.25, 0.3) is 0 Å². The minimum Gasteiger partial charge on any atom is -0.337 e. The van der Waals surface area contributed by atoms with Crippen LogP contribution in [0.2, 0.25) is 0 Å². The summed E-state index contributed by atoms with van der Waals surface area (Å²) in [4.78, 5) is 15.2. The Morgan fingerprint density at radius 2 is 2.17 bits per heavy atom. The van der Waals surface area contributed by atoms with Crippen molar-refractivity contribution in [1.29, 1.82) is 0 Å². The normalized spacial score (nSPS) is 21.1. The average Bonchev–Trinajstić information content (AvgIpc) is 3.08. The molecule has 3 heterocycles. The van der Waals surface area contributed by atoms with Crippen LogP contribution in [0.3, 0.4) is 0 Å². The molecule has 2 aromatic heterocycles. The molecule has 1 unspecified atom stereocenters.